The largest absolute Gasteiger partial charge is 0.465 e. The zero-order valence-corrected chi connectivity index (χ0v) is 21.6. The zero-order chi connectivity index (χ0) is 25.8. The third kappa shape index (κ3) is 4.12. The SMILES string of the molecule is CC1CN(c2nc(OC[C@@]34CCCN3C[C@H](F)C4)nc3c(F)c(Br)c(C#N)cc23)C(C)CN1C(=O)O. The van der Waals surface area contributed by atoms with Gasteiger partial charge in [-0.2, -0.15) is 15.2 Å². The Bertz CT molecular complexity index is 1260. The van der Waals surface area contributed by atoms with Gasteiger partial charge in [-0.25, -0.2) is 13.6 Å². The van der Waals surface area contributed by atoms with E-state index in [9.17, 15) is 19.6 Å². The van der Waals surface area contributed by atoms with Gasteiger partial charge in [0.2, 0.25) is 0 Å². The van der Waals surface area contributed by atoms with E-state index in [1.54, 1.807) is 6.92 Å². The van der Waals surface area contributed by atoms with Crippen LogP contribution in [0.3, 0.4) is 0 Å². The van der Waals surface area contributed by atoms with Crippen LogP contribution in [0.2, 0.25) is 0 Å². The third-order valence-electron chi connectivity index (χ3n) is 7.69. The topological polar surface area (TPSA) is 106 Å². The zero-order valence-electron chi connectivity index (χ0n) is 20.0. The number of aromatic nitrogens is 2. The van der Waals surface area contributed by atoms with E-state index in [1.807, 2.05) is 17.9 Å². The van der Waals surface area contributed by atoms with Crippen molar-refractivity contribution in [3.05, 3.63) is 21.9 Å². The van der Waals surface area contributed by atoms with Crippen molar-refractivity contribution in [3.8, 4) is 12.1 Å². The summed E-state index contributed by atoms with van der Waals surface area (Å²) in [6.45, 7) is 5.61. The molecule has 3 saturated heterocycles. The van der Waals surface area contributed by atoms with Gasteiger partial charge in [0, 0.05) is 43.5 Å². The van der Waals surface area contributed by atoms with Gasteiger partial charge in [0.1, 0.15) is 30.2 Å². The lowest BCUT2D eigenvalue weighted by molar-refractivity contribution is 0.107. The highest BCUT2D eigenvalue weighted by molar-refractivity contribution is 9.10. The molecule has 1 N–H and O–H groups in total. The van der Waals surface area contributed by atoms with Crippen LogP contribution >= 0.6 is 15.9 Å². The molecule has 5 rings (SSSR count). The highest BCUT2D eigenvalue weighted by atomic mass is 79.9. The Labute approximate surface area is 215 Å². The lowest BCUT2D eigenvalue weighted by atomic mass is 9.95. The molecular weight excluding hydrogens is 538 g/mol. The van der Waals surface area contributed by atoms with Crippen molar-refractivity contribution >= 4 is 38.7 Å². The van der Waals surface area contributed by atoms with Crippen LogP contribution in [-0.2, 0) is 0 Å². The Morgan fingerprint density at radius 1 is 1.33 bits per heavy atom. The van der Waals surface area contributed by atoms with Crippen LogP contribution in [0.1, 0.15) is 38.7 Å². The maximum Gasteiger partial charge on any atom is 0.407 e. The Kier molecular flexibility index (Phi) is 6.41. The molecule has 4 heterocycles. The number of hydrogen-bond acceptors (Lipinski definition) is 7. The summed E-state index contributed by atoms with van der Waals surface area (Å²) in [6.07, 6.45) is 0.236. The van der Waals surface area contributed by atoms with E-state index in [2.05, 4.69) is 30.8 Å². The number of hydrogen-bond donors (Lipinski definition) is 1. The minimum atomic E-state index is -1.00. The van der Waals surface area contributed by atoms with E-state index in [4.69, 9.17) is 4.74 Å². The molecule has 0 bridgehead atoms. The smallest absolute Gasteiger partial charge is 0.407 e. The molecule has 0 radical (unpaired) electrons. The van der Waals surface area contributed by atoms with E-state index < -0.39 is 23.6 Å². The molecule has 2 unspecified atom stereocenters. The van der Waals surface area contributed by atoms with Gasteiger partial charge in [0.25, 0.3) is 0 Å². The van der Waals surface area contributed by atoms with Gasteiger partial charge in [0.05, 0.1) is 15.6 Å². The van der Waals surface area contributed by atoms with E-state index in [0.717, 1.165) is 19.4 Å². The number of carboxylic acid groups (broad SMARTS) is 1. The average molecular weight is 565 g/mol. The van der Waals surface area contributed by atoms with Gasteiger partial charge >= 0.3 is 12.1 Å². The Morgan fingerprint density at radius 3 is 2.83 bits per heavy atom. The normalized spacial score (nSPS) is 28.4. The molecule has 0 saturated carbocycles. The van der Waals surface area contributed by atoms with Crippen LogP contribution in [-0.4, -0.2) is 87.5 Å². The number of amides is 1. The highest BCUT2D eigenvalue weighted by Crippen LogP contribution is 2.41. The van der Waals surface area contributed by atoms with Crippen molar-refractivity contribution in [1.29, 1.82) is 5.26 Å². The second-order valence-electron chi connectivity index (χ2n) is 10.0. The first-order valence-electron chi connectivity index (χ1n) is 12.0. The molecular formula is C24H27BrF2N6O3. The maximum absolute atomic E-state index is 15.4. The van der Waals surface area contributed by atoms with Gasteiger partial charge in [-0.3, -0.25) is 4.90 Å². The number of nitriles is 1. The number of alkyl halides is 1. The number of halogens is 3. The fraction of sp³-hybridized carbons (Fsp3) is 0.583. The van der Waals surface area contributed by atoms with Crippen molar-refractivity contribution in [2.45, 2.75) is 56.9 Å². The van der Waals surface area contributed by atoms with Gasteiger partial charge < -0.3 is 19.6 Å². The first-order chi connectivity index (χ1) is 17.1. The van der Waals surface area contributed by atoms with Crippen molar-refractivity contribution in [2.24, 2.45) is 0 Å². The van der Waals surface area contributed by atoms with E-state index in [0.29, 0.717) is 30.7 Å². The monoisotopic (exact) mass is 564 g/mol. The summed E-state index contributed by atoms with van der Waals surface area (Å²) in [5.41, 5.74) is -0.322. The molecule has 12 heteroatoms. The van der Waals surface area contributed by atoms with Crippen LogP contribution in [0.25, 0.3) is 10.9 Å². The lowest BCUT2D eigenvalue weighted by Gasteiger charge is -2.43. The molecule has 4 atom stereocenters. The average Bonchev–Trinajstić information content (AvgIpc) is 3.36. The number of nitrogens with zero attached hydrogens (tertiary/aromatic N) is 6. The summed E-state index contributed by atoms with van der Waals surface area (Å²) in [5, 5.41) is 19.4. The first kappa shape index (κ1) is 24.9. The van der Waals surface area contributed by atoms with E-state index in [-0.39, 0.29) is 46.8 Å². The number of ether oxygens (including phenoxy) is 1. The standard InChI is InChI=1S/C24H27BrF2N6O3/c1-13-10-33(23(34)35)14(2)9-32(13)21-17-6-15(8-28)18(25)19(27)20(17)29-22(30-21)36-12-24-4-3-5-31(24)11-16(26)7-24/h6,13-14,16H,3-5,7,9-12H2,1-2H3,(H,34,35)/t13?,14?,16-,24+/m1/s1. The van der Waals surface area contributed by atoms with Crippen LogP contribution in [0.4, 0.5) is 19.4 Å². The Morgan fingerprint density at radius 2 is 2.11 bits per heavy atom. The van der Waals surface area contributed by atoms with Crippen molar-refractivity contribution in [1.82, 2.24) is 19.8 Å². The van der Waals surface area contributed by atoms with Crippen LogP contribution < -0.4 is 9.64 Å². The van der Waals surface area contributed by atoms with Gasteiger partial charge in [-0.1, -0.05) is 0 Å². The molecule has 2 aromatic rings. The summed E-state index contributed by atoms with van der Waals surface area (Å²) < 4.78 is 35.7. The van der Waals surface area contributed by atoms with Gasteiger partial charge in [-0.05, 0) is 55.2 Å². The summed E-state index contributed by atoms with van der Waals surface area (Å²) in [4.78, 5) is 26.0. The fourth-order valence-corrected chi connectivity index (χ4v) is 6.26. The quantitative estimate of drug-likeness (QED) is 0.595. The predicted octanol–water partition coefficient (Wildman–Crippen LogP) is 3.94. The first-order valence-corrected chi connectivity index (χ1v) is 12.8. The fourth-order valence-electron chi connectivity index (χ4n) is 5.87. The minimum Gasteiger partial charge on any atom is -0.465 e. The third-order valence-corrected chi connectivity index (χ3v) is 8.46. The molecule has 9 nitrogen and oxygen atoms in total. The molecule has 192 valence electrons. The molecule has 0 spiro atoms. The van der Waals surface area contributed by atoms with Crippen LogP contribution in [0.5, 0.6) is 6.01 Å². The van der Waals surface area contributed by atoms with Gasteiger partial charge in [-0.15, -0.1) is 0 Å². The summed E-state index contributed by atoms with van der Waals surface area (Å²) >= 11 is 3.15. The van der Waals surface area contributed by atoms with Gasteiger partial charge in [0.15, 0.2) is 5.82 Å². The number of anilines is 1. The van der Waals surface area contributed by atoms with Crippen LogP contribution in [0.15, 0.2) is 10.5 Å². The molecule has 36 heavy (non-hydrogen) atoms. The molecule has 0 aliphatic carbocycles. The molecule has 1 aromatic carbocycles. The summed E-state index contributed by atoms with van der Waals surface area (Å²) in [5.74, 6) is -0.328. The minimum absolute atomic E-state index is 0.00170. The molecule has 1 amide bonds. The highest BCUT2D eigenvalue weighted by Gasteiger charge is 2.49. The number of carbonyl (C=O) groups is 1. The van der Waals surface area contributed by atoms with Crippen molar-refractivity contribution in [2.75, 3.05) is 37.7 Å². The maximum atomic E-state index is 15.4. The number of piperazine rings is 1. The molecule has 1 aromatic heterocycles. The predicted molar refractivity (Wildman–Crippen MR) is 131 cm³/mol. The van der Waals surface area contributed by atoms with Crippen molar-refractivity contribution < 1.29 is 23.4 Å². The number of fused-ring (bicyclic) bond motifs is 2. The number of rotatable bonds is 4. The summed E-state index contributed by atoms with van der Waals surface area (Å²) in [6, 6.07) is 2.88. The summed E-state index contributed by atoms with van der Waals surface area (Å²) in [7, 11) is 0. The molecule has 3 fully saturated rings. The van der Waals surface area contributed by atoms with Crippen molar-refractivity contribution in [3.63, 3.8) is 0 Å². The molecule has 3 aliphatic rings. The van der Waals surface area contributed by atoms with E-state index in [1.165, 1.54) is 11.0 Å². The second-order valence-corrected chi connectivity index (χ2v) is 10.8. The Hall–Kier alpha value is -2.78. The van der Waals surface area contributed by atoms with E-state index >= 15 is 4.39 Å². The second kappa shape index (κ2) is 9.27. The lowest BCUT2D eigenvalue weighted by Crippen LogP contribution is -2.58. The Balaban J connectivity index is 1.56. The van der Waals surface area contributed by atoms with Crippen LogP contribution in [0, 0.1) is 17.1 Å². The molecule has 3 aliphatic heterocycles. The number of benzene rings is 1.